The molecule has 0 spiro atoms. The van der Waals surface area contributed by atoms with Gasteiger partial charge in [-0.3, -0.25) is 0 Å². The van der Waals surface area contributed by atoms with Crippen molar-refractivity contribution in [1.29, 1.82) is 0 Å². The molecule has 0 amide bonds. The number of benzene rings is 3. The summed E-state index contributed by atoms with van der Waals surface area (Å²) in [5.41, 5.74) is 6.31. The van der Waals surface area contributed by atoms with Crippen LogP contribution >= 0.6 is 22.9 Å². The van der Waals surface area contributed by atoms with Crippen molar-refractivity contribution in [3.63, 3.8) is 0 Å². The Hall–Kier alpha value is -3.54. The molecule has 0 radical (unpaired) electrons. The highest BCUT2D eigenvalue weighted by atomic mass is 35.5. The van der Waals surface area contributed by atoms with Crippen LogP contribution in [0.2, 0.25) is 5.02 Å². The van der Waals surface area contributed by atoms with Crippen molar-refractivity contribution < 1.29 is 0 Å². The molecule has 1 aliphatic heterocycles. The SMILES string of the molecule is CCc1ccc(C2CC(c3cccs3)=NN2c2nc(-c3ccccc3)c3cc(Cl)ccc3n2)cc1. The van der Waals surface area contributed by atoms with Gasteiger partial charge >= 0.3 is 0 Å². The summed E-state index contributed by atoms with van der Waals surface area (Å²) in [6.07, 6.45) is 1.82. The van der Waals surface area contributed by atoms with Gasteiger partial charge in [0.2, 0.25) is 5.95 Å². The van der Waals surface area contributed by atoms with E-state index in [1.807, 2.05) is 41.4 Å². The van der Waals surface area contributed by atoms with Crippen molar-refractivity contribution in [3.8, 4) is 11.3 Å². The fourth-order valence-electron chi connectivity index (χ4n) is 4.53. The number of anilines is 1. The Labute approximate surface area is 213 Å². The molecular weight excluding hydrogens is 472 g/mol. The van der Waals surface area contributed by atoms with Crippen molar-refractivity contribution in [1.82, 2.24) is 9.97 Å². The molecule has 4 nitrogen and oxygen atoms in total. The van der Waals surface area contributed by atoms with Gasteiger partial charge in [-0.1, -0.05) is 79.2 Å². The first kappa shape index (κ1) is 22.0. The molecule has 1 unspecified atom stereocenters. The first-order valence-electron chi connectivity index (χ1n) is 11.7. The first-order valence-corrected chi connectivity index (χ1v) is 13.0. The second kappa shape index (κ2) is 9.25. The van der Waals surface area contributed by atoms with Gasteiger partial charge in [-0.05, 0) is 47.2 Å². The zero-order valence-corrected chi connectivity index (χ0v) is 20.8. The van der Waals surface area contributed by atoms with Gasteiger partial charge in [0, 0.05) is 22.4 Å². The van der Waals surface area contributed by atoms with E-state index in [1.54, 1.807) is 11.3 Å². The number of hydrogen-bond acceptors (Lipinski definition) is 5. The van der Waals surface area contributed by atoms with Gasteiger partial charge in [0.05, 0.1) is 27.8 Å². The van der Waals surface area contributed by atoms with Gasteiger partial charge in [0.25, 0.3) is 0 Å². The van der Waals surface area contributed by atoms with Crippen LogP contribution in [0.5, 0.6) is 0 Å². The lowest BCUT2D eigenvalue weighted by Gasteiger charge is -2.23. The zero-order chi connectivity index (χ0) is 23.8. The molecule has 5 aromatic rings. The molecule has 6 rings (SSSR count). The topological polar surface area (TPSA) is 41.4 Å². The minimum atomic E-state index is 0.0198. The van der Waals surface area contributed by atoms with E-state index in [4.69, 9.17) is 26.7 Å². The number of fused-ring (bicyclic) bond motifs is 1. The first-order chi connectivity index (χ1) is 17.2. The van der Waals surface area contributed by atoms with E-state index in [0.29, 0.717) is 11.0 Å². The maximum Gasteiger partial charge on any atom is 0.247 e. The number of nitrogens with zero attached hydrogens (tertiary/aromatic N) is 4. The van der Waals surface area contributed by atoms with E-state index < -0.39 is 0 Å². The molecule has 0 saturated carbocycles. The van der Waals surface area contributed by atoms with Crippen LogP contribution in [0.1, 0.15) is 35.4 Å². The van der Waals surface area contributed by atoms with Gasteiger partial charge in [-0.25, -0.2) is 15.0 Å². The van der Waals surface area contributed by atoms with Gasteiger partial charge in [0.15, 0.2) is 0 Å². The lowest BCUT2D eigenvalue weighted by molar-refractivity contribution is 0.688. The Morgan fingerprint density at radius 1 is 0.943 bits per heavy atom. The summed E-state index contributed by atoms with van der Waals surface area (Å²) in [6.45, 7) is 2.18. The molecular formula is C29H23ClN4S. The monoisotopic (exact) mass is 494 g/mol. The van der Waals surface area contributed by atoms with Crippen LogP contribution in [-0.4, -0.2) is 15.7 Å². The number of rotatable bonds is 5. The number of halogens is 1. The zero-order valence-electron chi connectivity index (χ0n) is 19.2. The highest BCUT2D eigenvalue weighted by Crippen LogP contribution is 2.38. The van der Waals surface area contributed by atoms with Gasteiger partial charge in [-0.2, -0.15) is 5.10 Å². The summed E-state index contributed by atoms with van der Waals surface area (Å²) in [5.74, 6) is 0.592. The number of aryl methyl sites for hydroxylation is 1. The molecule has 2 aromatic heterocycles. The quantitative estimate of drug-likeness (QED) is 0.249. The molecule has 0 fully saturated rings. The summed E-state index contributed by atoms with van der Waals surface area (Å²) in [7, 11) is 0. The molecule has 1 aliphatic rings. The second-order valence-electron chi connectivity index (χ2n) is 8.58. The number of aromatic nitrogens is 2. The Kier molecular flexibility index (Phi) is 5.80. The van der Waals surface area contributed by atoms with Crippen LogP contribution in [0.15, 0.2) is 95.4 Å². The Morgan fingerprint density at radius 2 is 1.77 bits per heavy atom. The normalized spacial score (nSPS) is 15.5. The molecule has 35 heavy (non-hydrogen) atoms. The largest absolute Gasteiger partial charge is 0.247 e. The highest BCUT2D eigenvalue weighted by Gasteiger charge is 2.32. The van der Waals surface area contributed by atoms with Crippen LogP contribution in [-0.2, 0) is 6.42 Å². The average molecular weight is 495 g/mol. The standard InChI is InChI=1S/C29H23ClN4S/c1-2-19-10-12-20(13-11-19)26-18-25(27-9-6-16-35-27)33-34(26)29-31-24-15-14-22(30)17-23(24)28(32-29)21-7-4-3-5-8-21/h3-17,26H,2,18H2,1H3. The van der Waals surface area contributed by atoms with Crippen LogP contribution < -0.4 is 5.01 Å². The smallest absolute Gasteiger partial charge is 0.223 e. The van der Waals surface area contributed by atoms with Crippen LogP contribution in [0.25, 0.3) is 22.2 Å². The van der Waals surface area contributed by atoms with Crippen molar-refractivity contribution in [3.05, 3.63) is 111 Å². The number of thiophene rings is 1. The van der Waals surface area contributed by atoms with Crippen molar-refractivity contribution in [2.24, 2.45) is 5.10 Å². The van der Waals surface area contributed by atoms with Crippen molar-refractivity contribution in [2.75, 3.05) is 5.01 Å². The minimum absolute atomic E-state index is 0.0198. The Balaban J connectivity index is 1.52. The van der Waals surface area contributed by atoms with Gasteiger partial charge in [0.1, 0.15) is 0 Å². The average Bonchev–Trinajstić information content (AvgIpc) is 3.59. The van der Waals surface area contributed by atoms with Gasteiger partial charge < -0.3 is 0 Å². The summed E-state index contributed by atoms with van der Waals surface area (Å²) in [6, 6.07) is 29.0. The molecule has 6 heteroatoms. The lowest BCUT2D eigenvalue weighted by Crippen LogP contribution is -2.21. The third kappa shape index (κ3) is 4.22. The Bertz CT molecular complexity index is 1510. The van der Waals surface area contributed by atoms with Crippen molar-refractivity contribution in [2.45, 2.75) is 25.8 Å². The van der Waals surface area contributed by atoms with E-state index in [2.05, 4.69) is 60.8 Å². The summed E-state index contributed by atoms with van der Waals surface area (Å²) >= 11 is 8.07. The van der Waals surface area contributed by atoms with E-state index in [0.717, 1.165) is 40.7 Å². The number of hydrogen-bond donors (Lipinski definition) is 0. The predicted molar refractivity (Wildman–Crippen MR) is 146 cm³/mol. The van der Waals surface area contributed by atoms with E-state index in [-0.39, 0.29) is 6.04 Å². The lowest BCUT2D eigenvalue weighted by atomic mass is 9.99. The van der Waals surface area contributed by atoms with Gasteiger partial charge in [-0.15, -0.1) is 11.3 Å². The molecule has 0 N–H and O–H groups in total. The second-order valence-corrected chi connectivity index (χ2v) is 9.97. The molecule has 172 valence electrons. The molecule has 3 heterocycles. The van der Waals surface area contributed by atoms with Crippen LogP contribution in [0.4, 0.5) is 5.95 Å². The minimum Gasteiger partial charge on any atom is -0.223 e. The summed E-state index contributed by atoms with van der Waals surface area (Å²) < 4.78 is 0. The fraction of sp³-hybridized carbons (Fsp3) is 0.138. The van der Waals surface area contributed by atoms with E-state index in [9.17, 15) is 0 Å². The third-order valence-corrected chi connectivity index (χ3v) is 7.54. The molecule has 1 atom stereocenters. The van der Waals surface area contributed by atoms with E-state index >= 15 is 0 Å². The van der Waals surface area contributed by atoms with Crippen LogP contribution in [0, 0.1) is 0 Å². The Morgan fingerprint density at radius 3 is 2.51 bits per heavy atom. The third-order valence-electron chi connectivity index (χ3n) is 6.39. The summed E-state index contributed by atoms with van der Waals surface area (Å²) in [4.78, 5) is 11.2. The van der Waals surface area contributed by atoms with Crippen molar-refractivity contribution >= 4 is 45.5 Å². The maximum absolute atomic E-state index is 6.36. The van der Waals surface area contributed by atoms with Crippen LogP contribution in [0.3, 0.4) is 0 Å². The molecule has 0 bridgehead atoms. The predicted octanol–water partition coefficient (Wildman–Crippen LogP) is 7.93. The molecule has 0 aliphatic carbocycles. The fourth-order valence-corrected chi connectivity index (χ4v) is 5.42. The summed E-state index contributed by atoms with van der Waals surface area (Å²) in [5, 5.41) is 10.8. The maximum atomic E-state index is 6.36. The highest BCUT2D eigenvalue weighted by molar-refractivity contribution is 7.12. The molecule has 0 saturated heterocycles. The van der Waals surface area contributed by atoms with E-state index in [1.165, 1.54) is 16.0 Å². The number of hydrazone groups is 1. The molecule has 3 aromatic carbocycles.